The molecule has 4 nitrogen and oxygen atoms in total. The van der Waals surface area contributed by atoms with E-state index < -0.39 is 17.6 Å². The third-order valence-corrected chi connectivity index (χ3v) is 5.81. The van der Waals surface area contributed by atoms with E-state index in [1.807, 2.05) is 24.3 Å². The molecule has 1 aliphatic rings. The summed E-state index contributed by atoms with van der Waals surface area (Å²) in [5, 5.41) is 8.05. The minimum absolute atomic E-state index is 0.0250. The van der Waals surface area contributed by atoms with Gasteiger partial charge in [-0.15, -0.1) is 0 Å². The maximum atomic E-state index is 12.9. The maximum absolute atomic E-state index is 12.9. The van der Waals surface area contributed by atoms with E-state index in [-0.39, 0.29) is 17.6 Å². The van der Waals surface area contributed by atoms with E-state index in [0.717, 1.165) is 54.4 Å². The number of fused-ring (bicyclic) bond motifs is 1. The number of pyridine rings is 1. The lowest BCUT2D eigenvalue weighted by Gasteiger charge is -2.30. The average Bonchev–Trinajstić information content (AvgIpc) is 2.74. The molecule has 1 amide bonds. The van der Waals surface area contributed by atoms with Crippen molar-refractivity contribution in [1.29, 1.82) is 0 Å². The van der Waals surface area contributed by atoms with Crippen molar-refractivity contribution in [1.82, 2.24) is 10.3 Å². The van der Waals surface area contributed by atoms with Gasteiger partial charge in [-0.05, 0) is 68.1 Å². The molecule has 3 aromatic rings. The van der Waals surface area contributed by atoms with Crippen LogP contribution < -0.4 is 10.6 Å². The van der Waals surface area contributed by atoms with Gasteiger partial charge in [0.05, 0.1) is 11.1 Å². The van der Waals surface area contributed by atoms with Crippen LogP contribution in [0.2, 0.25) is 5.02 Å². The fourth-order valence-electron chi connectivity index (χ4n) is 3.95. The van der Waals surface area contributed by atoms with Crippen LogP contribution in [0, 0.1) is 0 Å². The predicted octanol–water partition coefficient (Wildman–Crippen LogP) is 6.06. The molecule has 0 spiro atoms. The second-order valence-electron chi connectivity index (χ2n) is 7.76. The zero-order chi connectivity index (χ0) is 22.0. The summed E-state index contributed by atoms with van der Waals surface area (Å²) in [7, 11) is 0. The van der Waals surface area contributed by atoms with E-state index in [1.165, 1.54) is 12.1 Å². The molecule has 0 atom stereocenters. The van der Waals surface area contributed by atoms with Gasteiger partial charge in [-0.3, -0.25) is 9.78 Å². The van der Waals surface area contributed by atoms with Crippen molar-refractivity contribution >= 4 is 34.1 Å². The number of carbonyl (C=O) groups is 1. The number of nitrogens with zero attached hydrogens (tertiary/aromatic N) is 1. The van der Waals surface area contributed by atoms with E-state index in [4.69, 9.17) is 11.6 Å². The second-order valence-corrected chi connectivity index (χ2v) is 8.20. The van der Waals surface area contributed by atoms with E-state index in [2.05, 4.69) is 15.6 Å². The van der Waals surface area contributed by atoms with Crippen LogP contribution in [-0.2, 0) is 6.18 Å². The first-order valence-electron chi connectivity index (χ1n) is 10.1. The van der Waals surface area contributed by atoms with Crippen molar-refractivity contribution < 1.29 is 18.0 Å². The van der Waals surface area contributed by atoms with Crippen molar-refractivity contribution in [2.45, 2.75) is 43.9 Å². The Kier molecular flexibility index (Phi) is 6.05. The summed E-state index contributed by atoms with van der Waals surface area (Å²) >= 11 is 6.05. The van der Waals surface area contributed by atoms with Crippen molar-refractivity contribution in [2.24, 2.45) is 0 Å². The summed E-state index contributed by atoms with van der Waals surface area (Å²) in [6.07, 6.45) is 0.439. The van der Waals surface area contributed by atoms with Gasteiger partial charge in [0.2, 0.25) is 0 Å². The van der Waals surface area contributed by atoms with Gasteiger partial charge in [-0.25, -0.2) is 0 Å². The third-order valence-electron chi connectivity index (χ3n) is 5.58. The van der Waals surface area contributed by atoms with Crippen molar-refractivity contribution in [3.8, 4) is 0 Å². The van der Waals surface area contributed by atoms with Gasteiger partial charge in [0.15, 0.2) is 0 Å². The number of benzene rings is 2. The monoisotopic (exact) mass is 447 g/mol. The Labute approximate surface area is 182 Å². The van der Waals surface area contributed by atoms with Crippen LogP contribution in [-0.4, -0.2) is 23.0 Å². The van der Waals surface area contributed by atoms with Crippen molar-refractivity contribution in [2.75, 3.05) is 5.32 Å². The summed E-state index contributed by atoms with van der Waals surface area (Å²) in [6.45, 7) is 0. The highest BCUT2D eigenvalue weighted by atomic mass is 35.5. The molecule has 0 bridgehead atoms. The van der Waals surface area contributed by atoms with Crippen LogP contribution in [0.25, 0.3) is 10.9 Å². The topological polar surface area (TPSA) is 54.0 Å². The normalized spacial score (nSPS) is 19.2. The number of hydrogen-bond acceptors (Lipinski definition) is 3. The van der Waals surface area contributed by atoms with Gasteiger partial charge in [0, 0.05) is 39.9 Å². The van der Waals surface area contributed by atoms with E-state index in [0.29, 0.717) is 5.02 Å². The average molecular weight is 448 g/mol. The summed E-state index contributed by atoms with van der Waals surface area (Å²) in [5.41, 5.74) is 1.01. The van der Waals surface area contributed by atoms with Crippen LogP contribution in [0.4, 0.5) is 18.9 Å². The summed E-state index contributed by atoms with van der Waals surface area (Å²) in [6, 6.07) is 12.2. The molecule has 0 saturated heterocycles. The SMILES string of the molecule is O=C(NC1CCC(Nc2ccnc3cc(Cl)ccc23)CC1)c1cccc(C(F)(F)F)c1. The molecule has 1 fully saturated rings. The highest BCUT2D eigenvalue weighted by Crippen LogP contribution is 2.30. The lowest BCUT2D eigenvalue weighted by molar-refractivity contribution is -0.137. The van der Waals surface area contributed by atoms with Gasteiger partial charge in [-0.2, -0.15) is 13.2 Å². The summed E-state index contributed by atoms with van der Waals surface area (Å²) in [4.78, 5) is 16.8. The molecule has 31 heavy (non-hydrogen) atoms. The van der Waals surface area contributed by atoms with Crippen LogP contribution in [0.5, 0.6) is 0 Å². The Hall–Kier alpha value is -2.80. The molecule has 0 radical (unpaired) electrons. The molecule has 162 valence electrons. The second kappa shape index (κ2) is 8.75. The molecular weight excluding hydrogens is 427 g/mol. The molecule has 1 heterocycles. The van der Waals surface area contributed by atoms with Crippen LogP contribution >= 0.6 is 11.6 Å². The standard InChI is InChI=1S/C23H21ClF3N3O/c24-16-4-9-19-20(10-11-28-21(19)13-16)29-17-5-7-18(8-6-17)30-22(31)14-2-1-3-15(12-14)23(25,26)27/h1-4,9-13,17-18H,5-8H2,(H,28,29)(H,30,31). The number of nitrogens with one attached hydrogen (secondary N) is 2. The van der Waals surface area contributed by atoms with Gasteiger partial charge in [-0.1, -0.05) is 17.7 Å². The van der Waals surface area contributed by atoms with Gasteiger partial charge in [0.1, 0.15) is 0 Å². The number of amides is 1. The Morgan fingerprint density at radius 1 is 1.00 bits per heavy atom. The molecule has 0 aliphatic heterocycles. The first-order chi connectivity index (χ1) is 14.8. The molecule has 1 aliphatic carbocycles. The third kappa shape index (κ3) is 5.10. The lowest BCUT2D eigenvalue weighted by Crippen LogP contribution is -2.40. The number of alkyl halides is 3. The predicted molar refractivity (Wildman–Crippen MR) is 115 cm³/mol. The fraction of sp³-hybridized carbons (Fsp3) is 0.304. The Bertz CT molecular complexity index is 1090. The lowest BCUT2D eigenvalue weighted by atomic mass is 9.90. The highest BCUT2D eigenvalue weighted by Gasteiger charge is 2.31. The fourth-order valence-corrected chi connectivity index (χ4v) is 4.12. The van der Waals surface area contributed by atoms with Crippen LogP contribution in [0.15, 0.2) is 54.7 Å². The summed E-state index contributed by atoms with van der Waals surface area (Å²) < 4.78 is 38.6. The van der Waals surface area contributed by atoms with E-state index in [1.54, 1.807) is 6.20 Å². The first-order valence-corrected chi connectivity index (χ1v) is 10.5. The van der Waals surface area contributed by atoms with Crippen LogP contribution in [0.3, 0.4) is 0 Å². The molecule has 1 saturated carbocycles. The Morgan fingerprint density at radius 3 is 2.48 bits per heavy atom. The maximum Gasteiger partial charge on any atom is 0.416 e. The largest absolute Gasteiger partial charge is 0.416 e. The number of carbonyl (C=O) groups excluding carboxylic acids is 1. The Morgan fingerprint density at radius 2 is 1.74 bits per heavy atom. The zero-order valence-corrected chi connectivity index (χ0v) is 17.3. The van der Waals surface area contributed by atoms with Crippen molar-refractivity contribution in [3.63, 3.8) is 0 Å². The minimum atomic E-state index is -4.47. The quantitative estimate of drug-likeness (QED) is 0.511. The van der Waals surface area contributed by atoms with E-state index >= 15 is 0 Å². The molecule has 1 aromatic heterocycles. The number of anilines is 1. The number of hydrogen-bond donors (Lipinski definition) is 2. The summed E-state index contributed by atoms with van der Waals surface area (Å²) in [5.74, 6) is -0.473. The molecule has 2 aromatic carbocycles. The van der Waals surface area contributed by atoms with E-state index in [9.17, 15) is 18.0 Å². The molecule has 2 N–H and O–H groups in total. The van der Waals surface area contributed by atoms with Crippen molar-refractivity contribution in [3.05, 3.63) is 70.9 Å². The molecular formula is C23H21ClF3N3O. The highest BCUT2D eigenvalue weighted by molar-refractivity contribution is 6.31. The number of halogens is 4. The van der Waals surface area contributed by atoms with Gasteiger partial charge in [0.25, 0.3) is 5.91 Å². The first kappa shape index (κ1) is 21.4. The van der Waals surface area contributed by atoms with Gasteiger partial charge < -0.3 is 10.6 Å². The number of aromatic nitrogens is 1. The molecule has 0 unspecified atom stereocenters. The molecule has 8 heteroatoms. The van der Waals surface area contributed by atoms with Gasteiger partial charge >= 0.3 is 6.18 Å². The number of rotatable bonds is 4. The van der Waals surface area contributed by atoms with Crippen LogP contribution in [0.1, 0.15) is 41.6 Å². The zero-order valence-electron chi connectivity index (χ0n) is 16.5. The molecule has 4 rings (SSSR count). The smallest absolute Gasteiger partial charge is 0.382 e. The minimum Gasteiger partial charge on any atom is -0.382 e. The Balaban J connectivity index is 1.35.